The van der Waals surface area contributed by atoms with Crippen LogP contribution in [0.3, 0.4) is 0 Å². The summed E-state index contributed by atoms with van der Waals surface area (Å²) < 4.78 is 11.1. The Morgan fingerprint density at radius 2 is 1.96 bits per heavy atom. The monoisotopic (exact) mass is 370 g/mol. The molecule has 1 N–H and O–H groups in total. The Morgan fingerprint density at radius 3 is 2.58 bits per heavy atom. The zero-order chi connectivity index (χ0) is 18.6. The molecule has 0 spiro atoms. The van der Waals surface area contributed by atoms with Gasteiger partial charge in [0.15, 0.2) is 11.4 Å². The molecule has 0 unspecified atom stereocenters. The number of rotatable bonds is 6. The molecular weight excluding hydrogens is 352 g/mol. The normalized spacial score (nSPS) is 11.2. The molecule has 6 heteroatoms. The maximum atomic E-state index is 12.5. The molecule has 0 aliphatic carbocycles. The van der Waals surface area contributed by atoms with Crippen LogP contribution >= 0.6 is 11.6 Å². The van der Waals surface area contributed by atoms with E-state index in [0.29, 0.717) is 23.1 Å². The van der Waals surface area contributed by atoms with Crippen molar-refractivity contribution < 1.29 is 13.9 Å². The van der Waals surface area contributed by atoms with Crippen LogP contribution in [0.15, 0.2) is 65.4 Å². The average molecular weight is 371 g/mol. The standard InChI is InChI=1S/C20H19ClN2O3/c1-20(2,26-16-8-6-15(21)7-9-16)19(24)23-13-14-5-10-17(22-12-14)18-4-3-11-25-18/h3-12H,13H2,1-2H3,(H,23,24). The zero-order valence-electron chi connectivity index (χ0n) is 14.5. The van der Waals surface area contributed by atoms with Crippen LogP contribution in [0.5, 0.6) is 5.75 Å². The first-order valence-electron chi connectivity index (χ1n) is 8.16. The fourth-order valence-electron chi connectivity index (χ4n) is 2.34. The Balaban J connectivity index is 1.57. The van der Waals surface area contributed by atoms with Gasteiger partial charge in [-0.3, -0.25) is 9.78 Å². The van der Waals surface area contributed by atoms with E-state index in [1.165, 1.54) is 0 Å². The van der Waals surface area contributed by atoms with Crippen molar-refractivity contribution in [1.82, 2.24) is 10.3 Å². The van der Waals surface area contributed by atoms with Crippen molar-refractivity contribution >= 4 is 17.5 Å². The van der Waals surface area contributed by atoms with Crippen molar-refractivity contribution in [3.05, 3.63) is 71.6 Å². The second kappa shape index (κ2) is 7.62. The van der Waals surface area contributed by atoms with Crippen LogP contribution in [0, 0.1) is 0 Å². The van der Waals surface area contributed by atoms with Crippen molar-refractivity contribution in [2.75, 3.05) is 0 Å². The number of aromatic nitrogens is 1. The summed E-state index contributed by atoms with van der Waals surface area (Å²) in [5.74, 6) is 1.07. The number of ether oxygens (including phenoxy) is 1. The van der Waals surface area contributed by atoms with E-state index in [0.717, 1.165) is 11.3 Å². The summed E-state index contributed by atoms with van der Waals surface area (Å²) in [5.41, 5.74) is 0.613. The first-order chi connectivity index (χ1) is 12.4. The number of benzene rings is 1. The van der Waals surface area contributed by atoms with Gasteiger partial charge in [0.2, 0.25) is 0 Å². The molecule has 1 aromatic carbocycles. The number of amides is 1. The van der Waals surface area contributed by atoms with Crippen LogP contribution in [-0.2, 0) is 11.3 Å². The average Bonchev–Trinajstić information content (AvgIpc) is 3.16. The highest BCUT2D eigenvalue weighted by Gasteiger charge is 2.29. The fraction of sp³-hybridized carbons (Fsp3) is 0.200. The van der Waals surface area contributed by atoms with Gasteiger partial charge in [0, 0.05) is 17.8 Å². The second-order valence-corrected chi connectivity index (χ2v) is 6.71. The van der Waals surface area contributed by atoms with E-state index in [4.69, 9.17) is 20.8 Å². The summed E-state index contributed by atoms with van der Waals surface area (Å²) in [6.45, 7) is 3.79. The fourth-order valence-corrected chi connectivity index (χ4v) is 2.46. The molecule has 0 saturated carbocycles. The topological polar surface area (TPSA) is 64.4 Å². The number of hydrogen-bond acceptors (Lipinski definition) is 4. The highest BCUT2D eigenvalue weighted by Crippen LogP contribution is 2.21. The number of nitrogens with one attached hydrogen (secondary N) is 1. The van der Waals surface area contributed by atoms with Crippen LogP contribution in [0.4, 0.5) is 0 Å². The molecule has 0 radical (unpaired) electrons. The highest BCUT2D eigenvalue weighted by molar-refractivity contribution is 6.30. The van der Waals surface area contributed by atoms with Crippen molar-refractivity contribution in [1.29, 1.82) is 0 Å². The summed E-state index contributed by atoms with van der Waals surface area (Å²) >= 11 is 5.86. The van der Waals surface area contributed by atoms with Gasteiger partial charge in [0.05, 0.1) is 6.26 Å². The predicted octanol–water partition coefficient (Wildman–Crippen LogP) is 4.47. The number of carbonyl (C=O) groups is 1. The molecular formula is C20H19ClN2O3. The molecule has 0 saturated heterocycles. The summed E-state index contributed by atoms with van der Waals surface area (Å²) in [7, 11) is 0. The molecule has 3 aromatic rings. The predicted molar refractivity (Wildman–Crippen MR) is 99.9 cm³/mol. The molecule has 0 aliphatic rings. The third kappa shape index (κ3) is 4.43. The molecule has 1 amide bonds. The van der Waals surface area contributed by atoms with Crippen molar-refractivity contribution in [2.45, 2.75) is 26.0 Å². The van der Waals surface area contributed by atoms with Crippen molar-refractivity contribution in [2.24, 2.45) is 0 Å². The maximum Gasteiger partial charge on any atom is 0.263 e. The molecule has 0 atom stereocenters. The van der Waals surface area contributed by atoms with Gasteiger partial charge in [-0.15, -0.1) is 0 Å². The quantitative estimate of drug-likeness (QED) is 0.695. The van der Waals surface area contributed by atoms with Gasteiger partial charge in [-0.1, -0.05) is 17.7 Å². The molecule has 2 aromatic heterocycles. The van der Waals surface area contributed by atoms with Crippen molar-refractivity contribution in [3.63, 3.8) is 0 Å². The molecule has 5 nitrogen and oxygen atoms in total. The lowest BCUT2D eigenvalue weighted by Gasteiger charge is -2.25. The SMILES string of the molecule is CC(C)(Oc1ccc(Cl)cc1)C(=O)NCc1ccc(-c2ccco2)nc1. The Labute approximate surface area is 157 Å². The Hall–Kier alpha value is -2.79. The first-order valence-corrected chi connectivity index (χ1v) is 8.53. The Bertz CT molecular complexity index is 857. The van der Waals surface area contributed by atoms with Gasteiger partial charge < -0.3 is 14.5 Å². The number of hydrogen-bond donors (Lipinski definition) is 1. The minimum absolute atomic E-state index is 0.220. The number of halogens is 1. The molecule has 3 rings (SSSR count). The first kappa shape index (κ1) is 18.0. The van der Waals surface area contributed by atoms with E-state index in [2.05, 4.69) is 10.3 Å². The summed E-state index contributed by atoms with van der Waals surface area (Å²) in [4.78, 5) is 16.8. The molecule has 0 fully saturated rings. The maximum absolute atomic E-state index is 12.5. The molecule has 134 valence electrons. The van der Waals surface area contributed by atoms with Crippen LogP contribution in [0.25, 0.3) is 11.5 Å². The Morgan fingerprint density at radius 1 is 1.19 bits per heavy atom. The highest BCUT2D eigenvalue weighted by atomic mass is 35.5. The smallest absolute Gasteiger partial charge is 0.263 e. The Kier molecular flexibility index (Phi) is 5.28. The van der Waals surface area contributed by atoms with Gasteiger partial charge in [-0.2, -0.15) is 0 Å². The number of carbonyl (C=O) groups excluding carboxylic acids is 1. The lowest BCUT2D eigenvalue weighted by atomic mass is 10.1. The largest absolute Gasteiger partial charge is 0.478 e. The lowest BCUT2D eigenvalue weighted by Crippen LogP contribution is -2.46. The van der Waals surface area contributed by atoms with E-state index >= 15 is 0 Å². The third-order valence-electron chi connectivity index (χ3n) is 3.78. The second-order valence-electron chi connectivity index (χ2n) is 6.28. The number of furan rings is 1. The van der Waals surface area contributed by atoms with Crippen LogP contribution < -0.4 is 10.1 Å². The minimum Gasteiger partial charge on any atom is -0.478 e. The van der Waals surface area contributed by atoms with Crippen LogP contribution in [-0.4, -0.2) is 16.5 Å². The molecule has 0 aliphatic heterocycles. The molecule has 2 heterocycles. The van der Waals surface area contributed by atoms with Gasteiger partial charge in [-0.25, -0.2) is 0 Å². The number of nitrogens with zero attached hydrogens (tertiary/aromatic N) is 1. The van der Waals surface area contributed by atoms with Crippen molar-refractivity contribution in [3.8, 4) is 17.2 Å². The van der Waals surface area contributed by atoms with E-state index in [-0.39, 0.29) is 5.91 Å². The van der Waals surface area contributed by atoms with Gasteiger partial charge in [-0.05, 0) is 61.9 Å². The third-order valence-corrected chi connectivity index (χ3v) is 4.04. The lowest BCUT2D eigenvalue weighted by molar-refractivity contribution is -0.134. The van der Waals surface area contributed by atoms with Gasteiger partial charge >= 0.3 is 0 Å². The van der Waals surface area contributed by atoms with E-state index in [9.17, 15) is 4.79 Å². The van der Waals surface area contributed by atoms with E-state index < -0.39 is 5.60 Å². The molecule has 26 heavy (non-hydrogen) atoms. The summed E-state index contributed by atoms with van der Waals surface area (Å²) in [6.07, 6.45) is 3.32. The summed E-state index contributed by atoms with van der Waals surface area (Å²) in [5, 5.41) is 3.49. The van der Waals surface area contributed by atoms with Crippen LogP contribution in [0.2, 0.25) is 5.02 Å². The molecule has 0 bridgehead atoms. The minimum atomic E-state index is -1.02. The van der Waals surface area contributed by atoms with Gasteiger partial charge in [0.25, 0.3) is 5.91 Å². The van der Waals surface area contributed by atoms with Gasteiger partial charge in [0.1, 0.15) is 11.4 Å². The van der Waals surface area contributed by atoms with Crippen LogP contribution in [0.1, 0.15) is 19.4 Å². The van der Waals surface area contributed by atoms with E-state index in [1.807, 2.05) is 24.3 Å². The van der Waals surface area contributed by atoms with E-state index in [1.54, 1.807) is 50.6 Å². The summed E-state index contributed by atoms with van der Waals surface area (Å²) in [6, 6.07) is 14.3. The zero-order valence-corrected chi connectivity index (χ0v) is 15.3. The number of pyridine rings is 1.